The third-order valence-corrected chi connectivity index (χ3v) is 5.82. The van der Waals surface area contributed by atoms with Crippen molar-refractivity contribution >= 4 is 10.2 Å². The highest BCUT2D eigenvalue weighted by Crippen LogP contribution is 2.35. The highest BCUT2D eigenvalue weighted by atomic mass is 32.2. The smallest absolute Gasteiger partial charge is 0.279 e. The van der Waals surface area contributed by atoms with Gasteiger partial charge in [-0.1, -0.05) is 6.92 Å². The van der Waals surface area contributed by atoms with E-state index in [2.05, 4.69) is 14.9 Å². The molecule has 1 fully saturated rings. The minimum absolute atomic E-state index is 0.0116. The second-order valence-corrected chi connectivity index (χ2v) is 7.69. The molecule has 0 atom stereocenters. The summed E-state index contributed by atoms with van der Waals surface area (Å²) in [6.07, 6.45) is 4.13. The van der Waals surface area contributed by atoms with Crippen molar-refractivity contribution < 1.29 is 8.42 Å². The van der Waals surface area contributed by atoms with Gasteiger partial charge in [-0.05, 0) is 52.9 Å². The van der Waals surface area contributed by atoms with Gasteiger partial charge in [0, 0.05) is 25.7 Å². The summed E-state index contributed by atoms with van der Waals surface area (Å²) in [6, 6.07) is 0. The number of rotatable bonds is 10. The average Bonchev–Trinajstić information content (AvgIpc) is 2.32. The van der Waals surface area contributed by atoms with E-state index in [4.69, 9.17) is 0 Å². The molecule has 0 heterocycles. The van der Waals surface area contributed by atoms with E-state index in [1.54, 1.807) is 7.05 Å². The largest absolute Gasteiger partial charge is 0.317 e. The van der Waals surface area contributed by atoms with Crippen molar-refractivity contribution in [1.82, 2.24) is 19.2 Å². The molecule has 0 spiro atoms. The Morgan fingerprint density at radius 3 is 2.30 bits per heavy atom. The highest BCUT2D eigenvalue weighted by Gasteiger charge is 2.40. The first-order chi connectivity index (χ1) is 9.34. The maximum atomic E-state index is 12.2. The van der Waals surface area contributed by atoms with Gasteiger partial charge in [0.05, 0.1) is 0 Å². The van der Waals surface area contributed by atoms with Crippen LogP contribution in [0.1, 0.15) is 32.6 Å². The fraction of sp³-hybridized carbons (Fsp3) is 1.00. The average molecular weight is 306 g/mol. The molecule has 120 valence electrons. The Labute approximate surface area is 124 Å². The lowest BCUT2D eigenvalue weighted by molar-refractivity contribution is 0.0653. The van der Waals surface area contributed by atoms with E-state index < -0.39 is 10.2 Å². The lowest BCUT2D eigenvalue weighted by atomic mass is 9.76. The molecule has 0 aromatic rings. The number of nitrogens with zero attached hydrogens (tertiary/aromatic N) is 2. The molecule has 1 aliphatic carbocycles. The van der Waals surface area contributed by atoms with E-state index in [1.165, 1.54) is 10.7 Å². The van der Waals surface area contributed by atoms with E-state index >= 15 is 0 Å². The van der Waals surface area contributed by atoms with E-state index in [0.717, 1.165) is 32.4 Å². The summed E-state index contributed by atoms with van der Waals surface area (Å²) in [7, 11) is 2.32. The van der Waals surface area contributed by atoms with E-state index in [1.807, 2.05) is 21.0 Å². The third-order valence-electron chi connectivity index (χ3n) is 4.30. The maximum Gasteiger partial charge on any atom is 0.279 e. The maximum absolute atomic E-state index is 12.2. The SMILES string of the molecule is CCNCCCN(C)S(=O)(=O)NCC1(N(C)C)CCC1. The molecule has 0 aromatic carbocycles. The summed E-state index contributed by atoms with van der Waals surface area (Å²) >= 11 is 0. The van der Waals surface area contributed by atoms with Gasteiger partial charge in [-0.3, -0.25) is 0 Å². The molecular formula is C13H30N4O2S. The number of likely N-dealkylation sites (N-methyl/N-ethyl adjacent to an activating group) is 1. The predicted molar refractivity (Wildman–Crippen MR) is 83.0 cm³/mol. The Balaban J connectivity index is 2.40. The minimum atomic E-state index is -3.36. The van der Waals surface area contributed by atoms with Gasteiger partial charge in [0.25, 0.3) is 10.2 Å². The highest BCUT2D eigenvalue weighted by molar-refractivity contribution is 7.87. The molecule has 0 aliphatic heterocycles. The van der Waals surface area contributed by atoms with E-state index in [0.29, 0.717) is 13.1 Å². The van der Waals surface area contributed by atoms with Gasteiger partial charge in [0.2, 0.25) is 0 Å². The first kappa shape index (κ1) is 17.8. The van der Waals surface area contributed by atoms with Crippen LogP contribution < -0.4 is 10.0 Å². The van der Waals surface area contributed by atoms with Crippen molar-refractivity contribution in [2.24, 2.45) is 0 Å². The zero-order valence-corrected chi connectivity index (χ0v) is 14.1. The topological polar surface area (TPSA) is 64.7 Å². The van der Waals surface area contributed by atoms with Crippen LogP contribution in [0.3, 0.4) is 0 Å². The first-order valence-corrected chi connectivity index (χ1v) is 8.87. The standard InChI is InChI=1S/C13H30N4O2S/c1-5-14-10-7-11-17(4)20(18,19)15-12-13(16(2)3)8-6-9-13/h14-15H,5-12H2,1-4H3. The normalized spacial score (nSPS) is 18.5. The molecule has 0 saturated heterocycles. The fourth-order valence-corrected chi connectivity index (χ4v) is 3.47. The Hall–Kier alpha value is -0.210. The van der Waals surface area contributed by atoms with Crippen molar-refractivity contribution in [3.05, 3.63) is 0 Å². The van der Waals surface area contributed by atoms with Crippen LogP contribution in [0.5, 0.6) is 0 Å². The molecule has 0 aromatic heterocycles. The minimum Gasteiger partial charge on any atom is -0.317 e. The second-order valence-electron chi connectivity index (χ2n) is 5.83. The molecule has 7 heteroatoms. The Bertz CT molecular complexity index is 380. The summed E-state index contributed by atoms with van der Waals surface area (Å²) < 4.78 is 28.5. The van der Waals surface area contributed by atoms with Crippen LogP contribution in [0.25, 0.3) is 0 Å². The zero-order valence-electron chi connectivity index (χ0n) is 13.3. The second kappa shape index (κ2) is 7.70. The molecule has 0 unspecified atom stereocenters. The molecule has 2 N–H and O–H groups in total. The quantitative estimate of drug-likeness (QED) is 0.567. The summed E-state index contributed by atoms with van der Waals surface area (Å²) in [5, 5.41) is 3.20. The van der Waals surface area contributed by atoms with Crippen LogP contribution in [0.4, 0.5) is 0 Å². The molecule has 20 heavy (non-hydrogen) atoms. The Morgan fingerprint density at radius 2 is 1.85 bits per heavy atom. The molecule has 1 saturated carbocycles. The Kier molecular flexibility index (Phi) is 6.87. The lowest BCUT2D eigenvalue weighted by Crippen LogP contribution is -2.58. The molecule has 0 bridgehead atoms. The van der Waals surface area contributed by atoms with Crippen LogP contribution in [0.15, 0.2) is 0 Å². The van der Waals surface area contributed by atoms with Gasteiger partial charge in [-0.2, -0.15) is 12.7 Å². The Morgan fingerprint density at radius 1 is 1.20 bits per heavy atom. The van der Waals surface area contributed by atoms with Gasteiger partial charge in [0.1, 0.15) is 0 Å². The van der Waals surface area contributed by atoms with Gasteiger partial charge < -0.3 is 10.2 Å². The van der Waals surface area contributed by atoms with E-state index in [-0.39, 0.29) is 5.54 Å². The fourth-order valence-electron chi connectivity index (χ4n) is 2.43. The summed E-state index contributed by atoms with van der Waals surface area (Å²) in [5.41, 5.74) is 0.0116. The van der Waals surface area contributed by atoms with Crippen LogP contribution in [0, 0.1) is 0 Å². The van der Waals surface area contributed by atoms with E-state index in [9.17, 15) is 8.42 Å². The summed E-state index contributed by atoms with van der Waals surface area (Å²) in [6.45, 7) is 4.84. The van der Waals surface area contributed by atoms with Crippen molar-refractivity contribution in [2.75, 3.05) is 47.3 Å². The van der Waals surface area contributed by atoms with Crippen LogP contribution in [-0.2, 0) is 10.2 Å². The van der Waals surface area contributed by atoms with Crippen LogP contribution in [-0.4, -0.2) is 70.5 Å². The molecule has 1 aliphatic rings. The zero-order chi connectivity index (χ0) is 15.2. The monoisotopic (exact) mass is 306 g/mol. The third kappa shape index (κ3) is 4.66. The van der Waals surface area contributed by atoms with Gasteiger partial charge in [-0.15, -0.1) is 0 Å². The molecular weight excluding hydrogens is 276 g/mol. The molecule has 0 radical (unpaired) electrons. The molecule has 1 rings (SSSR count). The lowest BCUT2D eigenvalue weighted by Gasteiger charge is -2.47. The van der Waals surface area contributed by atoms with Gasteiger partial charge >= 0.3 is 0 Å². The number of hydrogen-bond acceptors (Lipinski definition) is 4. The molecule has 6 nitrogen and oxygen atoms in total. The van der Waals surface area contributed by atoms with Crippen molar-refractivity contribution in [3.8, 4) is 0 Å². The van der Waals surface area contributed by atoms with Crippen molar-refractivity contribution in [3.63, 3.8) is 0 Å². The number of nitrogens with one attached hydrogen (secondary N) is 2. The van der Waals surface area contributed by atoms with Gasteiger partial charge in [-0.25, -0.2) is 4.72 Å². The van der Waals surface area contributed by atoms with Crippen molar-refractivity contribution in [1.29, 1.82) is 0 Å². The predicted octanol–water partition coefficient (Wildman–Crippen LogP) is 0.237. The summed E-state index contributed by atoms with van der Waals surface area (Å²) in [5.74, 6) is 0. The molecule has 0 amide bonds. The van der Waals surface area contributed by atoms with Gasteiger partial charge in [0.15, 0.2) is 0 Å². The van der Waals surface area contributed by atoms with Crippen LogP contribution >= 0.6 is 0 Å². The van der Waals surface area contributed by atoms with Crippen LogP contribution in [0.2, 0.25) is 0 Å². The van der Waals surface area contributed by atoms with Crippen molar-refractivity contribution in [2.45, 2.75) is 38.1 Å². The first-order valence-electron chi connectivity index (χ1n) is 7.43. The number of hydrogen-bond donors (Lipinski definition) is 2. The summed E-state index contributed by atoms with van der Waals surface area (Å²) in [4.78, 5) is 2.14.